The summed E-state index contributed by atoms with van der Waals surface area (Å²) >= 11 is 0. The third-order valence-corrected chi connectivity index (χ3v) is 3.16. The Morgan fingerprint density at radius 1 is 1.37 bits per heavy atom. The maximum Gasteiger partial charge on any atom is 0.270 e. The van der Waals surface area contributed by atoms with E-state index < -0.39 is 4.92 Å². The first-order chi connectivity index (χ1) is 9.02. The Labute approximate surface area is 110 Å². The molecule has 0 saturated carbocycles. The van der Waals surface area contributed by atoms with Crippen LogP contribution in [0.1, 0.15) is 31.9 Å². The highest BCUT2D eigenvalue weighted by Gasteiger charge is 2.16. The van der Waals surface area contributed by atoms with Gasteiger partial charge in [0.1, 0.15) is 5.78 Å². The van der Waals surface area contributed by atoms with Crippen molar-refractivity contribution in [3.05, 3.63) is 46.1 Å². The molecular formula is C14H14N2O3. The number of fused-ring (bicyclic) bond motifs is 1. The molecule has 0 radical (unpaired) electrons. The Bertz CT molecular complexity index is 652. The molecule has 0 amide bonds. The van der Waals surface area contributed by atoms with Crippen molar-refractivity contribution in [3.8, 4) is 0 Å². The number of benzene rings is 1. The van der Waals surface area contributed by atoms with E-state index in [0.29, 0.717) is 17.3 Å². The van der Waals surface area contributed by atoms with E-state index in [9.17, 15) is 14.9 Å². The molecule has 98 valence electrons. The van der Waals surface area contributed by atoms with E-state index >= 15 is 0 Å². The molecule has 1 atom stereocenters. The first-order valence-electron chi connectivity index (χ1n) is 6.08. The van der Waals surface area contributed by atoms with Gasteiger partial charge in [-0.2, -0.15) is 0 Å². The molecule has 1 aromatic carbocycles. The minimum Gasteiger partial charge on any atom is -0.299 e. The molecule has 0 fully saturated rings. The van der Waals surface area contributed by atoms with Crippen LogP contribution in [-0.2, 0) is 4.79 Å². The number of aromatic nitrogens is 1. The number of nitro benzene ring substituents is 1. The van der Waals surface area contributed by atoms with Crippen LogP contribution in [0.4, 0.5) is 5.69 Å². The van der Waals surface area contributed by atoms with E-state index in [4.69, 9.17) is 0 Å². The summed E-state index contributed by atoms with van der Waals surface area (Å²) in [6, 6.07) is 8.07. The summed E-state index contributed by atoms with van der Waals surface area (Å²) < 4.78 is 0. The molecule has 0 saturated heterocycles. The van der Waals surface area contributed by atoms with Crippen LogP contribution in [0.2, 0.25) is 0 Å². The van der Waals surface area contributed by atoms with Crippen molar-refractivity contribution in [2.45, 2.75) is 26.2 Å². The smallest absolute Gasteiger partial charge is 0.270 e. The quantitative estimate of drug-likeness (QED) is 0.623. The van der Waals surface area contributed by atoms with Gasteiger partial charge in [-0.15, -0.1) is 0 Å². The molecule has 2 rings (SSSR count). The van der Waals surface area contributed by atoms with E-state index in [1.54, 1.807) is 25.1 Å². The summed E-state index contributed by atoms with van der Waals surface area (Å²) in [6.45, 7) is 3.49. The number of nitrogens with zero attached hydrogens (tertiary/aromatic N) is 2. The molecular weight excluding hydrogens is 244 g/mol. The normalized spacial score (nSPS) is 12.3. The van der Waals surface area contributed by atoms with Crippen LogP contribution in [0.25, 0.3) is 10.9 Å². The summed E-state index contributed by atoms with van der Waals surface area (Å²) in [4.78, 5) is 26.2. The van der Waals surface area contributed by atoms with Crippen LogP contribution < -0.4 is 0 Å². The lowest BCUT2D eigenvalue weighted by atomic mass is 9.97. The molecule has 0 aliphatic heterocycles. The Morgan fingerprint density at radius 3 is 2.68 bits per heavy atom. The van der Waals surface area contributed by atoms with E-state index in [0.717, 1.165) is 5.69 Å². The van der Waals surface area contributed by atoms with Gasteiger partial charge in [-0.05, 0) is 25.5 Å². The molecule has 0 spiro atoms. The predicted molar refractivity (Wildman–Crippen MR) is 72.1 cm³/mol. The van der Waals surface area contributed by atoms with Crippen molar-refractivity contribution in [1.82, 2.24) is 4.98 Å². The molecule has 0 aliphatic carbocycles. The Balaban J connectivity index is 2.50. The van der Waals surface area contributed by atoms with Gasteiger partial charge in [-0.3, -0.25) is 19.9 Å². The predicted octanol–water partition coefficient (Wildman–Crippen LogP) is 3.23. The monoisotopic (exact) mass is 258 g/mol. The summed E-state index contributed by atoms with van der Waals surface area (Å²) in [5.41, 5.74) is 1.43. The lowest BCUT2D eigenvalue weighted by Crippen LogP contribution is -2.09. The third kappa shape index (κ3) is 2.59. The second kappa shape index (κ2) is 5.14. The van der Waals surface area contributed by atoms with Gasteiger partial charge >= 0.3 is 0 Å². The highest BCUT2D eigenvalue weighted by Crippen LogP contribution is 2.24. The van der Waals surface area contributed by atoms with Crippen LogP contribution in [0, 0.1) is 10.1 Å². The molecule has 2 aromatic rings. The second-order valence-electron chi connectivity index (χ2n) is 4.44. The second-order valence-corrected chi connectivity index (χ2v) is 4.44. The zero-order valence-corrected chi connectivity index (χ0v) is 10.8. The maximum atomic E-state index is 11.5. The highest BCUT2D eigenvalue weighted by molar-refractivity contribution is 5.85. The van der Waals surface area contributed by atoms with Gasteiger partial charge < -0.3 is 0 Å². The fourth-order valence-corrected chi connectivity index (χ4v) is 2.14. The van der Waals surface area contributed by atoms with Crippen molar-refractivity contribution < 1.29 is 9.72 Å². The fourth-order valence-electron chi connectivity index (χ4n) is 2.14. The van der Waals surface area contributed by atoms with Crippen LogP contribution >= 0.6 is 0 Å². The average Bonchev–Trinajstić information content (AvgIpc) is 2.38. The number of carbonyl (C=O) groups excluding carboxylic acids is 1. The van der Waals surface area contributed by atoms with Crippen LogP contribution in [0.5, 0.6) is 0 Å². The van der Waals surface area contributed by atoms with E-state index in [1.165, 1.54) is 12.1 Å². The van der Waals surface area contributed by atoms with Gasteiger partial charge in [0.15, 0.2) is 0 Å². The lowest BCUT2D eigenvalue weighted by Gasteiger charge is -2.11. The summed E-state index contributed by atoms with van der Waals surface area (Å²) in [5.74, 6) is -0.129. The van der Waals surface area contributed by atoms with Crippen LogP contribution in [0.3, 0.4) is 0 Å². The molecule has 1 unspecified atom stereocenters. The summed E-state index contributed by atoms with van der Waals surface area (Å²) in [6.07, 6.45) is 0.695. The van der Waals surface area contributed by atoms with Crippen molar-refractivity contribution in [2.75, 3.05) is 0 Å². The van der Waals surface area contributed by atoms with Crippen molar-refractivity contribution in [2.24, 2.45) is 0 Å². The highest BCUT2D eigenvalue weighted by atomic mass is 16.6. The number of rotatable bonds is 4. The lowest BCUT2D eigenvalue weighted by molar-refractivity contribution is -0.384. The van der Waals surface area contributed by atoms with Gasteiger partial charge in [0.05, 0.1) is 22.1 Å². The standard InChI is InChI=1S/C14H14N2O3/c1-3-12(9(2)17)14-6-4-10-8-11(16(18)19)5-7-13(10)15-14/h4-8,12H,3H2,1-2H3. The Morgan fingerprint density at radius 2 is 2.11 bits per heavy atom. The largest absolute Gasteiger partial charge is 0.299 e. The van der Waals surface area contributed by atoms with Crippen LogP contribution in [-0.4, -0.2) is 15.7 Å². The molecule has 0 N–H and O–H groups in total. The van der Waals surface area contributed by atoms with Gasteiger partial charge in [0.2, 0.25) is 0 Å². The topological polar surface area (TPSA) is 73.1 Å². The molecule has 1 heterocycles. The zero-order chi connectivity index (χ0) is 14.0. The molecule has 0 bridgehead atoms. The molecule has 0 aliphatic rings. The van der Waals surface area contributed by atoms with Gasteiger partial charge in [0, 0.05) is 17.5 Å². The fraction of sp³-hybridized carbons (Fsp3) is 0.286. The van der Waals surface area contributed by atoms with Crippen LogP contribution in [0.15, 0.2) is 30.3 Å². The van der Waals surface area contributed by atoms with Gasteiger partial charge in [-0.25, -0.2) is 0 Å². The SMILES string of the molecule is CCC(C(C)=O)c1ccc2cc([N+](=O)[O-])ccc2n1. The number of Topliss-reactive ketones (excluding diaryl/α,β-unsaturated/α-hetero) is 1. The Hall–Kier alpha value is -2.30. The third-order valence-electron chi connectivity index (χ3n) is 3.16. The van der Waals surface area contributed by atoms with E-state index in [2.05, 4.69) is 4.98 Å². The summed E-state index contributed by atoms with van der Waals surface area (Å²) in [7, 11) is 0. The maximum absolute atomic E-state index is 11.5. The molecule has 19 heavy (non-hydrogen) atoms. The minimum absolute atomic E-state index is 0.0423. The number of nitro groups is 1. The first-order valence-corrected chi connectivity index (χ1v) is 6.08. The minimum atomic E-state index is -0.433. The molecule has 5 nitrogen and oxygen atoms in total. The summed E-state index contributed by atoms with van der Waals surface area (Å²) in [5, 5.41) is 11.4. The van der Waals surface area contributed by atoms with Crippen molar-refractivity contribution in [3.63, 3.8) is 0 Å². The van der Waals surface area contributed by atoms with Crippen molar-refractivity contribution in [1.29, 1.82) is 0 Å². The molecule has 1 aromatic heterocycles. The number of pyridine rings is 1. The Kier molecular flexibility index (Phi) is 3.55. The number of non-ortho nitro benzene ring substituents is 1. The van der Waals surface area contributed by atoms with Gasteiger partial charge in [0.25, 0.3) is 5.69 Å². The van der Waals surface area contributed by atoms with E-state index in [-0.39, 0.29) is 17.4 Å². The zero-order valence-electron chi connectivity index (χ0n) is 10.8. The number of carbonyl (C=O) groups is 1. The van der Waals surface area contributed by atoms with Gasteiger partial charge in [-0.1, -0.05) is 13.0 Å². The molecule has 5 heteroatoms. The number of hydrogen-bond donors (Lipinski definition) is 0. The number of hydrogen-bond acceptors (Lipinski definition) is 4. The average molecular weight is 258 g/mol. The number of ketones is 1. The van der Waals surface area contributed by atoms with E-state index in [1.807, 2.05) is 6.92 Å². The first kappa shape index (κ1) is 13.1. The van der Waals surface area contributed by atoms with Crippen molar-refractivity contribution >= 4 is 22.4 Å².